The van der Waals surface area contributed by atoms with Gasteiger partial charge in [-0.2, -0.15) is 0 Å². The number of hydrogen-bond acceptors (Lipinski definition) is 4. The number of ether oxygens (including phenoxy) is 3. The van der Waals surface area contributed by atoms with Gasteiger partial charge >= 0.3 is 0 Å². The van der Waals surface area contributed by atoms with Crippen molar-refractivity contribution in [2.45, 2.75) is 25.0 Å². The number of hydrogen-bond donors (Lipinski definition) is 1. The first kappa shape index (κ1) is 17.4. The Bertz CT molecular complexity index is 1070. The number of aromatic amines is 1. The fraction of sp³-hybridized carbons (Fsp3) is 0.318. The normalized spacial score (nSPS) is 18.6. The number of nitrogens with zero attached hydrogens (tertiary/aromatic N) is 1. The zero-order chi connectivity index (χ0) is 19.1. The van der Waals surface area contributed by atoms with Crippen LogP contribution in [0, 0.1) is 5.82 Å². The molecule has 1 aliphatic heterocycles. The monoisotopic (exact) mass is 380 g/mol. The minimum absolute atomic E-state index is 0.298. The highest BCUT2D eigenvalue weighted by Gasteiger charge is 2.37. The highest BCUT2D eigenvalue weighted by atomic mass is 19.1. The Labute approximate surface area is 162 Å². The first-order valence-corrected chi connectivity index (χ1v) is 9.46. The molecule has 2 aromatic heterocycles. The number of H-pyrrole nitrogens is 1. The smallest absolute Gasteiger partial charge is 0.172 e. The van der Waals surface area contributed by atoms with Crippen molar-refractivity contribution < 1.29 is 18.6 Å². The van der Waals surface area contributed by atoms with E-state index in [1.54, 1.807) is 19.4 Å². The Balaban J connectivity index is 1.55. The molecule has 0 radical (unpaired) electrons. The van der Waals surface area contributed by atoms with Crippen LogP contribution in [0.2, 0.25) is 0 Å². The van der Waals surface area contributed by atoms with Crippen LogP contribution in [-0.4, -0.2) is 36.1 Å². The van der Waals surface area contributed by atoms with E-state index in [-0.39, 0.29) is 5.82 Å². The zero-order valence-corrected chi connectivity index (χ0v) is 15.6. The molecule has 3 aromatic rings. The minimum atomic E-state index is -0.437. The lowest BCUT2D eigenvalue weighted by Gasteiger charge is -2.30. The van der Waals surface area contributed by atoms with Crippen LogP contribution < -0.4 is 4.74 Å². The summed E-state index contributed by atoms with van der Waals surface area (Å²) < 4.78 is 30.9. The van der Waals surface area contributed by atoms with Crippen molar-refractivity contribution in [2.75, 3.05) is 20.3 Å². The molecule has 0 amide bonds. The van der Waals surface area contributed by atoms with E-state index >= 15 is 0 Å². The van der Waals surface area contributed by atoms with Gasteiger partial charge in [0.2, 0.25) is 0 Å². The van der Waals surface area contributed by atoms with Crippen molar-refractivity contribution in [3.63, 3.8) is 0 Å². The Morgan fingerprint density at radius 1 is 1.14 bits per heavy atom. The van der Waals surface area contributed by atoms with Gasteiger partial charge in [-0.1, -0.05) is 6.08 Å². The van der Waals surface area contributed by atoms with E-state index < -0.39 is 5.79 Å². The Morgan fingerprint density at radius 2 is 2.00 bits per heavy atom. The summed E-state index contributed by atoms with van der Waals surface area (Å²) in [6, 6.07) is 8.52. The number of allylic oxidation sites excluding steroid dienone is 1. The summed E-state index contributed by atoms with van der Waals surface area (Å²) in [5.74, 6) is -0.104. The van der Waals surface area contributed by atoms with Crippen LogP contribution >= 0.6 is 0 Å². The van der Waals surface area contributed by atoms with Gasteiger partial charge in [-0.05, 0) is 47.9 Å². The number of halogens is 1. The summed E-state index contributed by atoms with van der Waals surface area (Å²) >= 11 is 0. The SMILES string of the molecule is COc1ccc(F)cc1-c1ccnc2[nH]c(C3=CCC4(CC3)OCCO4)cc12. The second-order valence-electron chi connectivity index (χ2n) is 7.19. The molecule has 1 aromatic carbocycles. The van der Waals surface area contributed by atoms with Crippen molar-refractivity contribution in [2.24, 2.45) is 0 Å². The molecule has 6 heteroatoms. The molecule has 144 valence electrons. The zero-order valence-electron chi connectivity index (χ0n) is 15.6. The van der Waals surface area contributed by atoms with Gasteiger partial charge < -0.3 is 19.2 Å². The molecule has 3 heterocycles. The number of methoxy groups -OCH3 is 1. The predicted octanol–water partition coefficient (Wildman–Crippen LogP) is 4.69. The number of benzene rings is 1. The third-order valence-electron chi connectivity index (χ3n) is 5.58. The molecule has 1 fully saturated rings. The fourth-order valence-electron chi connectivity index (χ4n) is 4.14. The first-order chi connectivity index (χ1) is 13.7. The highest BCUT2D eigenvalue weighted by molar-refractivity contribution is 5.96. The molecule has 5 rings (SSSR count). The van der Waals surface area contributed by atoms with Crippen molar-refractivity contribution in [3.8, 4) is 16.9 Å². The van der Waals surface area contributed by atoms with Crippen molar-refractivity contribution in [1.82, 2.24) is 9.97 Å². The van der Waals surface area contributed by atoms with Gasteiger partial charge in [-0.25, -0.2) is 9.37 Å². The van der Waals surface area contributed by atoms with Gasteiger partial charge in [0.25, 0.3) is 0 Å². The summed E-state index contributed by atoms with van der Waals surface area (Å²) in [5, 5.41) is 0.941. The number of nitrogens with one attached hydrogen (secondary N) is 1. The van der Waals surface area contributed by atoms with Gasteiger partial charge in [0.1, 0.15) is 17.2 Å². The second kappa shape index (κ2) is 6.72. The number of pyridine rings is 1. The molecule has 0 atom stereocenters. The summed E-state index contributed by atoms with van der Waals surface area (Å²) in [7, 11) is 1.59. The van der Waals surface area contributed by atoms with Gasteiger partial charge in [-0.15, -0.1) is 0 Å². The topological polar surface area (TPSA) is 56.4 Å². The molecular weight excluding hydrogens is 359 g/mol. The summed E-state index contributed by atoms with van der Waals surface area (Å²) in [4.78, 5) is 7.88. The van der Waals surface area contributed by atoms with E-state index in [1.165, 1.54) is 17.7 Å². The fourth-order valence-corrected chi connectivity index (χ4v) is 4.14. The molecule has 0 saturated carbocycles. The predicted molar refractivity (Wildman–Crippen MR) is 105 cm³/mol. The number of fused-ring (bicyclic) bond motifs is 1. The first-order valence-electron chi connectivity index (χ1n) is 9.46. The molecule has 5 nitrogen and oxygen atoms in total. The third-order valence-corrected chi connectivity index (χ3v) is 5.58. The molecule has 1 aliphatic carbocycles. The van der Waals surface area contributed by atoms with Crippen LogP contribution in [0.15, 0.2) is 42.6 Å². The Kier molecular flexibility index (Phi) is 4.18. The molecular formula is C22H21FN2O3. The highest BCUT2D eigenvalue weighted by Crippen LogP contribution is 2.40. The van der Waals surface area contributed by atoms with E-state index in [0.29, 0.717) is 24.5 Å². The van der Waals surface area contributed by atoms with Crippen molar-refractivity contribution in [1.29, 1.82) is 0 Å². The van der Waals surface area contributed by atoms with E-state index in [9.17, 15) is 4.39 Å². The van der Waals surface area contributed by atoms with E-state index in [1.807, 2.05) is 6.07 Å². The van der Waals surface area contributed by atoms with E-state index in [4.69, 9.17) is 14.2 Å². The van der Waals surface area contributed by atoms with Crippen LogP contribution in [0.3, 0.4) is 0 Å². The second-order valence-corrected chi connectivity index (χ2v) is 7.19. The molecule has 0 bridgehead atoms. The molecule has 2 aliphatic rings. The van der Waals surface area contributed by atoms with Crippen LogP contribution in [0.5, 0.6) is 5.75 Å². The third kappa shape index (κ3) is 2.89. The van der Waals surface area contributed by atoms with Crippen LogP contribution in [0.25, 0.3) is 27.7 Å². The van der Waals surface area contributed by atoms with E-state index in [2.05, 4.69) is 22.1 Å². The summed E-state index contributed by atoms with van der Waals surface area (Å²) in [5.41, 5.74) is 4.62. The Morgan fingerprint density at radius 3 is 2.75 bits per heavy atom. The maximum absolute atomic E-state index is 13.9. The molecule has 1 spiro atoms. The van der Waals surface area contributed by atoms with Gasteiger partial charge in [0, 0.05) is 35.7 Å². The largest absolute Gasteiger partial charge is 0.496 e. The molecule has 1 N–H and O–H groups in total. The maximum Gasteiger partial charge on any atom is 0.172 e. The average Bonchev–Trinajstić information content (AvgIpc) is 3.35. The van der Waals surface area contributed by atoms with Crippen LogP contribution in [-0.2, 0) is 9.47 Å². The average molecular weight is 380 g/mol. The van der Waals surface area contributed by atoms with Gasteiger partial charge in [-0.3, -0.25) is 0 Å². The summed E-state index contributed by atoms with van der Waals surface area (Å²) in [6.45, 7) is 1.33. The maximum atomic E-state index is 13.9. The Hall–Kier alpha value is -2.70. The van der Waals surface area contributed by atoms with Crippen LogP contribution in [0.1, 0.15) is 25.0 Å². The lowest BCUT2D eigenvalue weighted by Crippen LogP contribution is -2.31. The number of aromatic nitrogens is 2. The summed E-state index contributed by atoms with van der Waals surface area (Å²) in [6.07, 6.45) is 6.36. The quantitative estimate of drug-likeness (QED) is 0.716. The van der Waals surface area contributed by atoms with Crippen LogP contribution in [0.4, 0.5) is 4.39 Å². The minimum Gasteiger partial charge on any atom is -0.496 e. The molecule has 0 unspecified atom stereocenters. The number of rotatable bonds is 3. The van der Waals surface area contributed by atoms with Crippen molar-refractivity contribution >= 4 is 16.6 Å². The van der Waals surface area contributed by atoms with E-state index in [0.717, 1.165) is 41.6 Å². The standard InChI is InChI=1S/C22H21FN2O3/c1-26-20-3-2-15(23)12-17(20)16-6-9-24-21-18(16)13-19(25-21)14-4-7-22(8-5-14)27-10-11-28-22/h2-4,6,9,12-13H,5,7-8,10-11H2,1H3,(H,24,25). The van der Waals surface area contributed by atoms with Crippen molar-refractivity contribution in [3.05, 3.63) is 54.1 Å². The lowest BCUT2D eigenvalue weighted by atomic mass is 9.92. The van der Waals surface area contributed by atoms with Gasteiger partial charge in [0.15, 0.2) is 5.79 Å². The van der Waals surface area contributed by atoms with Gasteiger partial charge in [0.05, 0.1) is 20.3 Å². The molecule has 1 saturated heterocycles. The lowest BCUT2D eigenvalue weighted by molar-refractivity contribution is -0.159. The molecule has 28 heavy (non-hydrogen) atoms.